The minimum Gasteiger partial charge on any atom is -0.323 e. The molecule has 0 radical (unpaired) electrons. The van der Waals surface area contributed by atoms with Gasteiger partial charge in [-0.3, -0.25) is 4.79 Å². The topological polar surface area (TPSA) is 59.8 Å². The maximum absolute atomic E-state index is 14.1. The van der Waals surface area contributed by atoms with Crippen LogP contribution in [-0.2, 0) is 11.3 Å². The highest BCUT2D eigenvalue weighted by molar-refractivity contribution is 9.11. The third-order valence-electron chi connectivity index (χ3n) is 3.93. The summed E-state index contributed by atoms with van der Waals surface area (Å²) in [6, 6.07) is 10.3. The quantitative estimate of drug-likeness (QED) is 0.420. The molecule has 0 atom stereocenters. The van der Waals surface area contributed by atoms with Crippen LogP contribution in [-0.4, -0.2) is 26.4 Å². The van der Waals surface area contributed by atoms with E-state index in [-0.39, 0.29) is 17.5 Å². The second kappa shape index (κ2) is 9.19. The molecule has 0 aliphatic carbocycles. The van der Waals surface area contributed by atoms with Crippen molar-refractivity contribution in [2.45, 2.75) is 25.5 Å². The van der Waals surface area contributed by atoms with Crippen molar-refractivity contribution in [2.24, 2.45) is 0 Å². The van der Waals surface area contributed by atoms with Crippen LogP contribution in [0.4, 0.5) is 10.1 Å². The van der Waals surface area contributed by atoms with E-state index in [4.69, 9.17) is 0 Å². The van der Waals surface area contributed by atoms with Gasteiger partial charge in [0.1, 0.15) is 5.82 Å². The third-order valence-corrected chi connectivity index (χ3v) is 6.15. The lowest BCUT2D eigenvalue weighted by Gasteiger charge is -2.11. The number of halogens is 3. The maximum Gasteiger partial charge on any atom is 0.234 e. The molecule has 9 heteroatoms. The molecule has 0 aliphatic rings. The second-order valence-electron chi connectivity index (χ2n) is 5.97. The molecule has 1 aromatic heterocycles. The van der Waals surface area contributed by atoms with Gasteiger partial charge in [-0.2, -0.15) is 0 Å². The summed E-state index contributed by atoms with van der Waals surface area (Å²) < 4.78 is 17.5. The van der Waals surface area contributed by atoms with Gasteiger partial charge in [0, 0.05) is 15.5 Å². The molecule has 0 saturated heterocycles. The van der Waals surface area contributed by atoms with Crippen LogP contribution >= 0.6 is 43.6 Å². The number of carbonyl (C=O) groups is 1. The van der Waals surface area contributed by atoms with Crippen molar-refractivity contribution >= 4 is 55.2 Å². The molecular formula is C19H17Br2FN4OS. The SMILES string of the molecule is CCn1c(SCC(=O)Nc2c(Br)cc(C)cc2Br)nnc1-c1ccccc1F. The lowest BCUT2D eigenvalue weighted by Crippen LogP contribution is -2.15. The van der Waals surface area contributed by atoms with Crippen molar-refractivity contribution in [2.75, 3.05) is 11.1 Å². The van der Waals surface area contributed by atoms with Gasteiger partial charge in [0.15, 0.2) is 11.0 Å². The molecule has 28 heavy (non-hydrogen) atoms. The molecule has 1 N–H and O–H groups in total. The Morgan fingerprint density at radius 3 is 2.54 bits per heavy atom. The summed E-state index contributed by atoms with van der Waals surface area (Å²) in [4.78, 5) is 12.4. The van der Waals surface area contributed by atoms with Crippen molar-refractivity contribution in [3.63, 3.8) is 0 Å². The first kappa shape index (κ1) is 21.0. The average molecular weight is 528 g/mol. The fourth-order valence-electron chi connectivity index (χ4n) is 2.65. The summed E-state index contributed by atoms with van der Waals surface area (Å²) in [5.74, 6) is 0.0798. The Balaban J connectivity index is 1.73. The normalized spacial score (nSPS) is 10.9. The van der Waals surface area contributed by atoms with E-state index >= 15 is 0 Å². The summed E-state index contributed by atoms with van der Waals surface area (Å²) in [5.41, 5.74) is 2.14. The number of aryl methyl sites for hydroxylation is 1. The van der Waals surface area contributed by atoms with E-state index < -0.39 is 0 Å². The predicted molar refractivity (Wildman–Crippen MR) is 117 cm³/mol. The molecule has 1 amide bonds. The number of benzene rings is 2. The summed E-state index contributed by atoms with van der Waals surface area (Å²) in [5, 5.41) is 11.7. The number of carbonyl (C=O) groups excluding carboxylic acids is 1. The van der Waals surface area contributed by atoms with Crippen LogP contribution in [0, 0.1) is 12.7 Å². The van der Waals surface area contributed by atoms with Gasteiger partial charge in [0.05, 0.1) is 17.0 Å². The number of rotatable bonds is 6. The fraction of sp³-hybridized carbons (Fsp3) is 0.211. The number of hydrogen-bond donors (Lipinski definition) is 1. The summed E-state index contributed by atoms with van der Waals surface area (Å²) >= 11 is 8.19. The summed E-state index contributed by atoms with van der Waals surface area (Å²) in [6.07, 6.45) is 0. The number of amides is 1. The van der Waals surface area contributed by atoms with Gasteiger partial charge in [-0.25, -0.2) is 4.39 Å². The molecule has 0 unspecified atom stereocenters. The number of aromatic nitrogens is 3. The van der Waals surface area contributed by atoms with Gasteiger partial charge < -0.3 is 9.88 Å². The number of hydrogen-bond acceptors (Lipinski definition) is 4. The van der Waals surface area contributed by atoms with E-state index in [9.17, 15) is 9.18 Å². The van der Waals surface area contributed by atoms with E-state index in [0.29, 0.717) is 28.8 Å². The molecule has 0 fully saturated rings. The molecule has 0 spiro atoms. The minimum atomic E-state index is -0.354. The number of thioether (sulfide) groups is 1. The molecule has 2 aromatic carbocycles. The number of nitrogens with zero attached hydrogens (tertiary/aromatic N) is 3. The lowest BCUT2D eigenvalue weighted by atomic mass is 10.2. The van der Waals surface area contributed by atoms with Crippen LogP contribution in [0.2, 0.25) is 0 Å². The monoisotopic (exact) mass is 526 g/mol. The Bertz CT molecular complexity index is 1000. The van der Waals surface area contributed by atoms with Crippen molar-refractivity contribution in [3.8, 4) is 11.4 Å². The molecule has 3 rings (SSSR count). The van der Waals surface area contributed by atoms with Crippen LogP contribution in [0.25, 0.3) is 11.4 Å². The Hall–Kier alpha value is -1.71. The van der Waals surface area contributed by atoms with Crippen LogP contribution in [0.5, 0.6) is 0 Å². The first-order chi connectivity index (χ1) is 13.4. The smallest absolute Gasteiger partial charge is 0.234 e. The lowest BCUT2D eigenvalue weighted by molar-refractivity contribution is -0.113. The van der Waals surface area contributed by atoms with Gasteiger partial charge in [-0.15, -0.1) is 10.2 Å². The van der Waals surface area contributed by atoms with Gasteiger partial charge in [0.25, 0.3) is 0 Å². The maximum atomic E-state index is 14.1. The Morgan fingerprint density at radius 1 is 1.21 bits per heavy atom. The molecule has 146 valence electrons. The van der Waals surface area contributed by atoms with Crippen molar-refractivity contribution in [3.05, 3.63) is 56.7 Å². The number of nitrogens with one attached hydrogen (secondary N) is 1. The zero-order valence-corrected chi connectivity index (χ0v) is 19.2. The van der Waals surface area contributed by atoms with E-state index in [1.54, 1.807) is 22.8 Å². The highest BCUT2D eigenvalue weighted by Crippen LogP contribution is 2.32. The van der Waals surface area contributed by atoms with E-state index in [1.807, 2.05) is 26.0 Å². The number of anilines is 1. The molecule has 0 aliphatic heterocycles. The molecule has 0 saturated carbocycles. The Kier molecular flexibility index (Phi) is 6.90. The second-order valence-corrected chi connectivity index (χ2v) is 8.62. The van der Waals surface area contributed by atoms with Gasteiger partial charge in [-0.05, 0) is 75.5 Å². The van der Waals surface area contributed by atoms with Crippen molar-refractivity contribution < 1.29 is 9.18 Å². The van der Waals surface area contributed by atoms with E-state index in [1.165, 1.54) is 17.8 Å². The first-order valence-corrected chi connectivity index (χ1v) is 11.0. The standard InChI is InChI=1S/C19H17Br2FN4OS/c1-3-26-18(12-6-4-5-7-15(12)22)24-25-19(26)28-10-16(27)23-17-13(20)8-11(2)9-14(17)21/h4-9H,3,10H2,1-2H3,(H,23,27). The molecule has 5 nitrogen and oxygen atoms in total. The van der Waals surface area contributed by atoms with Gasteiger partial charge in [0.2, 0.25) is 5.91 Å². The van der Waals surface area contributed by atoms with E-state index in [2.05, 4.69) is 47.4 Å². The predicted octanol–water partition coefficient (Wildman–Crippen LogP) is 5.67. The zero-order valence-electron chi connectivity index (χ0n) is 15.2. The van der Waals surface area contributed by atoms with Gasteiger partial charge >= 0.3 is 0 Å². The Labute approximate surface area is 183 Å². The molecule has 3 aromatic rings. The fourth-order valence-corrected chi connectivity index (χ4v) is 5.06. The summed E-state index contributed by atoms with van der Waals surface area (Å²) in [6.45, 7) is 4.47. The van der Waals surface area contributed by atoms with Crippen molar-refractivity contribution in [1.29, 1.82) is 0 Å². The highest BCUT2D eigenvalue weighted by atomic mass is 79.9. The molecular weight excluding hydrogens is 511 g/mol. The van der Waals surface area contributed by atoms with Crippen LogP contribution in [0.3, 0.4) is 0 Å². The minimum absolute atomic E-state index is 0.155. The largest absolute Gasteiger partial charge is 0.323 e. The van der Waals surface area contributed by atoms with E-state index in [0.717, 1.165) is 14.5 Å². The van der Waals surface area contributed by atoms with Crippen LogP contribution < -0.4 is 5.32 Å². The molecule has 0 bridgehead atoms. The van der Waals surface area contributed by atoms with Gasteiger partial charge in [-0.1, -0.05) is 23.9 Å². The zero-order chi connectivity index (χ0) is 20.3. The average Bonchev–Trinajstić information content (AvgIpc) is 3.06. The van der Waals surface area contributed by atoms with Crippen molar-refractivity contribution in [1.82, 2.24) is 14.8 Å². The first-order valence-electron chi connectivity index (χ1n) is 8.47. The summed E-state index contributed by atoms with van der Waals surface area (Å²) in [7, 11) is 0. The van der Waals surface area contributed by atoms with Crippen LogP contribution in [0.15, 0.2) is 50.5 Å². The molecule has 1 heterocycles. The van der Waals surface area contributed by atoms with Crippen LogP contribution in [0.1, 0.15) is 12.5 Å². The third kappa shape index (κ3) is 4.64. The highest BCUT2D eigenvalue weighted by Gasteiger charge is 2.17. The Morgan fingerprint density at radius 2 is 1.89 bits per heavy atom.